The maximum absolute atomic E-state index is 13.5. The van der Waals surface area contributed by atoms with Crippen molar-refractivity contribution in [2.75, 3.05) is 0 Å². The van der Waals surface area contributed by atoms with Crippen LogP contribution in [0.5, 0.6) is 5.75 Å². The van der Waals surface area contributed by atoms with Crippen LogP contribution < -0.4 is 10.3 Å². The summed E-state index contributed by atoms with van der Waals surface area (Å²) in [5.41, 5.74) is 1.23. The molecule has 1 N–H and O–H groups in total. The second-order valence-corrected chi connectivity index (χ2v) is 9.72. The number of ether oxygens (including phenoxy) is 1. The van der Waals surface area contributed by atoms with Crippen molar-refractivity contribution in [2.45, 2.75) is 13.0 Å². The Morgan fingerprint density at radius 1 is 1.11 bits per heavy atom. The lowest BCUT2D eigenvalue weighted by Gasteiger charge is -2.13. The molecule has 0 saturated carbocycles. The van der Waals surface area contributed by atoms with Gasteiger partial charge in [0.15, 0.2) is 11.9 Å². The fraction of sp³-hybridized carbons (Fsp3) is 0.0769. The molecule has 0 saturated heterocycles. The van der Waals surface area contributed by atoms with Gasteiger partial charge in [0.25, 0.3) is 5.56 Å². The van der Waals surface area contributed by atoms with Crippen LogP contribution in [0.2, 0.25) is 0 Å². The van der Waals surface area contributed by atoms with Crippen LogP contribution in [-0.2, 0) is 4.79 Å². The number of benzene rings is 3. The number of fused-ring (bicyclic) bond motifs is 2. The summed E-state index contributed by atoms with van der Waals surface area (Å²) >= 11 is 6.87. The number of hydrogen-bond donors (Lipinski definition) is 1. The molecule has 1 atom stereocenters. The molecule has 3 aromatic carbocycles. The Labute approximate surface area is 221 Å². The Kier molecular flexibility index (Phi) is 6.46. The van der Waals surface area contributed by atoms with E-state index >= 15 is 0 Å². The molecule has 0 amide bonds. The lowest BCUT2D eigenvalue weighted by molar-refractivity contribution is -0.144. The van der Waals surface area contributed by atoms with E-state index in [2.05, 4.69) is 41.9 Å². The highest BCUT2D eigenvalue weighted by Gasteiger charge is 2.18. The molecule has 0 unspecified atom stereocenters. The minimum atomic E-state index is -1.10. The van der Waals surface area contributed by atoms with Crippen molar-refractivity contribution in [3.8, 4) is 17.3 Å². The van der Waals surface area contributed by atoms with Crippen molar-refractivity contribution < 1.29 is 19.1 Å². The van der Waals surface area contributed by atoms with Crippen molar-refractivity contribution in [3.05, 3.63) is 91.6 Å². The third-order valence-corrected chi connectivity index (χ3v) is 6.37. The van der Waals surface area contributed by atoms with Gasteiger partial charge < -0.3 is 14.3 Å². The summed E-state index contributed by atoms with van der Waals surface area (Å²) in [4.78, 5) is 29.4. The van der Waals surface area contributed by atoms with E-state index in [0.29, 0.717) is 33.6 Å². The zero-order valence-corrected chi connectivity index (χ0v) is 21.9. The number of hydrogen-bond acceptors (Lipinski definition) is 6. The van der Waals surface area contributed by atoms with E-state index in [4.69, 9.17) is 9.15 Å². The Morgan fingerprint density at radius 3 is 2.67 bits per heavy atom. The van der Waals surface area contributed by atoms with Gasteiger partial charge >= 0.3 is 5.97 Å². The largest absolute Gasteiger partial charge is 0.479 e. The summed E-state index contributed by atoms with van der Waals surface area (Å²) in [7, 11) is 0. The normalized spacial score (nSPS) is 12.4. The highest BCUT2D eigenvalue weighted by molar-refractivity contribution is 9.10. The molecular weight excluding hydrogens is 594 g/mol. The van der Waals surface area contributed by atoms with Gasteiger partial charge in [-0.3, -0.25) is 4.79 Å². The van der Waals surface area contributed by atoms with Crippen LogP contribution in [0.3, 0.4) is 0 Å². The molecule has 5 rings (SSSR count). The standard InChI is InChI=1S/C26H17Br2N3O5/c1-14(26(33)34)35-22-9-7-18(28)11-16(22)13-29-31-24(30-20-5-3-2-4-19(20)25(31)32)23-12-15-10-17(27)6-8-21(15)36-23/h2-14H,1H3,(H,33,34)/t14-/m0/s1. The van der Waals surface area contributed by atoms with Crippen molar-refractivity contribution in [3.63, 3.8) is 0 Å². The van der Waals surface area contributed by atoms with E-state index in [0.717, 1.165) is 14.3 Å². The number of rotatable bonds is 6. The number of halogens is 2. The molecule has 0 aliphatic carbocycles. The lowest BCUT2D eigenvalue weighted by Crippen LogP contribution is -2.23. The van der Waals surface area contributed by atoms with Crippen LogP contribution in [0, 0.1) is 0 Å². The molecule has 180 valence electrons. The predicted molar refractivity (Wildman–Crippen MR) is 144 cm³/mol. The van der Waals surface area contributed by atoms with Gasteiger partial charge in [-0.05, 0) is 61.5 Å². The van der Waals surface area contributed by atoms with E-state index < -0.39 is 12.1 Å². The number of carbonyl (C=O) groups is 1. The molecule has 0 bridgehead atoms. The second kappa shape index (κ2) is 9.71. The van der Waals surface area contributed by atoms with Crippen LogP contribution in [0.15, 0.2) is 90.0 Å². The van der Waals surface area contributed by atoms with Crippen molar-refractivity contribution in [1.29, 1.82) is 0 Å². The first-order valence-corrected chi connectivity index (χ1v) is 12.3. The minimum absolute atomic E-state index is 0.221. The van der Waals surface area contributed by atoms with Gasteiger partial charge in [-0.15, -0.1) is 0 Å². The summed E-state index contributed by atoms with van der Waals surface area (Å²) in [6.45, 7) is 1.43. The van der Waals surface area contributed by atoms with Crippen LogP contribution >= 0.6 is 31.9 Å². The second-order valence-electron chi connectivity index (χ2n) is 7.89. The number of para-hydroxylation sites is 1. The van der Waals surface area contributed by atoms with E-state index in [1.165, 1.54) is 17.8 Å². The Balaban J connectivity index is 1.68. The summed E-state index contributed by atoms with van der Waals surface area (Å²) in [5.74, 6) is -0.213. The van der Waals surface area contributed by atoms with Gasteiger partial charge in [-0.1, -0.05) is 44.0 Å². The fourth-order valence-electron chi connectivity index (χ4n) is 3.60. The average molecular weight is 611 g/mol. The number of carboxylic acids is 1. The summed E-state index contributed by atoms with van der Waals surface area (Å²) in [5, 5.41) is 14.9. The molecule has 2 heterocycles. The molecule has 36 heavy (non-hydrogen) atoms. The summed E-state index contributed by atoms with van der Waals surface area (Å²) < 4.78 is 14.4. The summed E-state index contributed by atoms with van der Waals surface area (Å²) in [6, 6.07) is 19.4. The SMILES string of the molecule is C[C@H](Oc1ccc(Br)cc1C=Nn1c(-c2cc3cc(Br)ccc3o2)nc2ccccc2c1=O)C(=O)O. The fourth-order valence-corrected chi connectivity index (χ4v) is 4.36. The Hall–Kier alpha value is -3.76. The quantitative estimate of drug-likeness (QED) is 0.234. The molecule has 0 aliphatic rings. The average Bonchev–Trinajstić information content (AvgIpc) is 3.27. The highest BCUT2D eigenvalue weighted by Crippen LogP contribution is 2.29. The molecule has 10 heteroatoms. The van der Waals surface area contributed by atoms with Crippen LogP contribution in [-0.4, -0.2) is 33.1 Å². The molecule has 8 nitrogen and oxygen atoms in total. The van der Waals surface area contributed by atoms with Crippen LogP contribution in [0.4, 0.5) is 0 Å². The molecule has 0 spiro atoms. The first-order valence-electron chi connectivity index (χ1n) is 10.7. The first-order chi connectivity index (χ1) is 17.3. The van der Waals surface area contributed by atoms with Crippen molar-refractivity contribution >= 4 is 65.9 Å². The molecule has 0 fully saturated rings. The lowest BCUT2D eigenvalue weighted by atomic mass is 10.2. The third-order valence-electron chi connectivity index (χ3n) is 5.39. The van der Waals surface area contributed by atoms with E-state index in [-0.39, 0.29) is 11.4 Å². The number of furan rings is 1. The van der Waals surface area contributed by atoms with Gasteiger partial charge in [-0.25, -0.2) is 9.78 Å². The number of nitrogens with zero attached hydrogens (tertiary/aromatic N) is 3. The van der Waals surface area contributed by atoms with Crippen molar-refractivity contribution in [1.82, 2.24) is 9.66 Å². The van der Waals surface area contributed by atoms with Gasteiger partial charge in [0, 0.05) is 19.9 Å². The van der Waals surface area contributed by atoms with Crippen LogP contribution in [0.1, 0.15) is 12.5 Å². The molecule has 2 aromatic heterocycles. The topological polar surface area (TPSA) is 107 Å². The van der Waals surface area contributed by atoms with Gasteiger partial charge in [0.1, 0.15) is 11.3 Å². The van der Waals surface area contributed by atoms with E-state index in [9.17, 15) is 14.7 Å². The van der Waals surface area contributed by atoms with E-state index in [1.54, 1.807) is 48.5 Å². The highest BCUT2D eigenvalue weighted by atomic mass is 79.9. The number of aromatic nitrogens is 2. The van der Waals surface area contributed by atoms with Crippen LogP contribution in [0.25, 0.3) is 33.5 Å². The maximum Gasteiger partial charge on any atom is 0.344 e. The van der Waals surface area contributed by atoms with E-state index in [1.807, 2.05) is 18.2 Å². The van der Waals surface area contributed by atoms with Gasteiger partial charge in [0.2, 0.25) is 5.82 Å². The van der Waals surface area contributed by atoms with Gasteiger partial charge in [-0.2, -0.15) is 9.78 Å². The monoisotopic (exact) mass is 609 g/mol. The number of aliphatic carboxylic acids is 1. The molecule has 5 aromatic rings. The maximum atomic E-state index is 13.5. The molecular formula is C26H17Br2N3O5. The Bertz CT molecular complexity index is 1720. The third kappa shape index (κ3) is 4.69. The molecule has 0 radical (unpaired) electrons. The molecule has 0 aliphatic heterocycles. The van der Waals surface area contributed by atoms with Gasteiger partial charge in [0.05, 0.1) is 17.1 Å². The Morgan fingerprint density at radius 2 is 1.86 bits per heavy atom. The zero-order chi connectivity index (χ0) is 25.4. The minimum Gasteiger partial charge on any atom is -0.479 e. The first kappa shape index (κ1) is 24.0. The smallest absolute Gasteiger partial charge is 0.344 e. The summed E-state index contributed by atoms with van der Waals surface area (Å²) in [6.07, 6.45) is 0.351. The number of carboxylic acid groups (broad SMARTS) is 1. The van der Waals surface area contributed by atoms with Crippen molar-refractivity contribution in [2.24, 2.45) is 5.10 Å². The zero-order valence-electron chi connectivity index (χ0n) is 18.7. The predicted octanol–water partition coefficient (Wildman–Crippen LogP) is 6.07.